The number of fused-ring (bicyclic) bond motifs is 3. The minimum Gasteiger partial charge on any atom is -0.435 e. The first-order valence-electron chi connectivity index (χ1n) is 10.1. The zero-order valence-corrected chi connectivity index (χ0v) is 16.5. The Morgan fingerprint density at radius 3 is 2.53 bits per heavy atom. The van der Waals surface area contributed by atoms with Crippen molar-refractivity contribution in [2.24, 2.45) is 0 Å². The number of alkyl halides is 5. The topological polar surface area (TPSA) is 79.4 Å². The molecule has 3 unspecified atom stereocenters. The van der Waals surface area contributed by atoms with Crippen LogP contribution in [0.25, 0.3) is 11.3 Å². The minimum absolute atomic E-state index is 0.000345. The van der Waals surface area contributed by atoms with Crippen LogP contribution >= 0.6 is 0 Å². The molecule has 5 heterocycles. The van der Waals surface area contributed by atoms with E-state index in [-0.39, 0.29) is 40.5 Å². The molecule has 3 aliphatic heterocycles. The van der Waals surface area contributed by atoms with Crippen molar-refractivity contribution in [3.63, 3.8) is 0 Å². The van der Waals surface area contributed by atoms with Gasteiger partial charge < -0.3 is 15.0 Å². The fourth-order valence-electron chi connectivity index (χ4n) is 4.66. The second kappa shape index (κ2) is 7.54. The van der Waals surface area contributed by atoms with Crippen molar-refractivity contribution in [1.82, 2.24) is 15.3 Å². The highest BCUT2D eigenvalue weighted by Crippen LogP contribution is 2.43. The number of carbonyl (C=O) groups is 1. The van der Waals surface area contributed by atoms with Gasteiger partial charge >= 0.3 is 12.3 Å². The van der Waals surface area contributed by atoms with E-state index in [9.17, 15) is 26.7 Å². The van der Waals surface area contributed by atoms with Gasteiger partial charge in [0.1, 0.15) is 11.6 Å². The second-order valence-electron chi connectivity index (χ2n) is 7.95. The molecule has 170 valence electrons. The molecule has 2 fully saturated rings. The van der Waals surface area contributed by atoms with Crippen LogP contribution in [0.1, 0.15) is 30.1 Å². The van der Waals surface area contributed by atoms with E-state index in [1.54, 1.807) is 0 Å². The number of halogens is 5. The van der Waals surface area contributed by atoms with Crippen LogP contribution < -0.4 is 15.5 Å². The number of aromatic nitrogens is 2. The van der Waals surface area contributed by atoms with Gasteiger partial charge in [-0.3, -0.25) is 5.32 Å². The normalized spacial score (nSPS) is 24.9. The van der Waals surface area contributed by atoms with Crippen LogP contribution in [0.5, 0.6) is 0 Å². The van der Waals surface area contributed by atoms with E-state index in [0.29, 0.717) is 13.1 Å². The third-order valence-corrected chi connectivity index (χ3v) is 6.02. The molecule has 5 rings (SSSR count). The van der Waals surface area contributed by atoms with Gasteiger partial charge in [-0.25, -0.2) is 23.5 Å². The summed E-state index contributed by atoms with van der Waals surface area (Å²) in [5.74, 6) is -0.0456. The van der Waals surface area contributed by atoms with E-state index in [4.69, 9.17) is 4.74 Å². The minimum atomic E-state index is -4.67. The number of rotatable bonds is 3. The third-order valence-electron chi connectivity index (χ3n) is 6.02. The highest BCUT2D eigenvalue weighted by molar-refractivity contribution is 5.89. The monoisotopic (exact) mass is 455 g/mol. The van der Waals surface area contributed by atoms with Gasteiger partial charge in [0.15, 0.2) is 6.10 Å². The number of amides is 1. The summed E-state index contributed by atoms with van der Waals surface area (Å²) < 4.78 is 73.3. The van der Waals surface area contributed by atoms with E-state index >= 15 is 0 Å². The Labute approximate surface area is 179 Å². The highest BCUT2D eigenvalue weighted by atomic mass is 19.4. The predicted octanol–water partition coefficient (Wildman–Crippen LogP) is 3.97. The Kier molecular flexibility index (Phi) is 4.91. The van der Waals surface area contributed by atoms with E-state index < -0.39 is 30.4 Å². The average Bonchev–Trinajstić information content (AvgIpc) is 3.00. The maximum absolute atomic E-state index is 13.8. The van der Waals surface area contributed by atoms with Crippen molar-refractivity contribution in [2.45, 2.75) is 43.6 Å². The molecule has 2 N–H and O–H groups in total. The lowest BCUT2D eigenvalue weighted by atomic mass is 9.98. The number of cyclic esters (lactones) is 1. The Morgan fingerprint density at radius 2 is 1.88 bits per heavy atom. The number of piperazine rings is 1. The van der Waals surface area contributed by atoms with Crippen molar-refractivity contribution in [1.29, 1.82) is 0 Å². The first-order chi connectivity index (χ1) is 15.2. The van der Waals surface area contributed by atoms with Gasteiger partial charge in [-0.15, -0.1) is 0 Å². The van der Waals surface area contributed by atoms with Gasteiger partial charge in [-0.2, -0.15) is 13.2 Å². The van der Waals surface area contributed by atoms with E-state index in [2.05, 4.69) is 20.6 Å². The SMILES string of the molecule is O=C1Nc2nccc(-c3cc(C(F)(F)F)cc(N4C5CCC4CNC5)n3)c2C(C(F)F)O1. The molecule has 7 nitrogen and oxygen atoms in total. The number of hydrogen-bond donors (Lipinski definition) is 2. The number of ether oxygens (including phenoxy) is 1. The summed E-state index contributed by atoms with van der Waals surface area (Å²) in [5, 5.41) is 5.49. The second-order valence-corrected chi connectivity index (χ2v) is 7.95. The molecule has 1 amide bonds. The van der Waals surface area contributed by atoms with Gasteiger partial charge in [0.25, 0.3) is 6.43 Å². The Bertz CT molecular complexity index is 1050. The van der Waals surface area contributed by atoms with Crippen molar-refractivity contribution < 1.29 is 31.5 Å². The van der Waals surface area contributed by atoms with E-state index in [1.165, 1.54) is 12.3 Å². The maximum Gasteiger partial charge on any atom is 0.416 e. The van der Waals surface area contributed by atoms with Crippen LogP contribution in [0.3, 0.4) is 0 Å². The zero-order chi connectivity index (χ0) is 22.6. The molecule has 0 saturated carbocycles. The lowest BCUT2D eigenvalue weighted by Crippen LogP contribution is -2.52. The van der Waals surface area contributed by atoms with Crippen LogP contribution in [-0.4, -0.2) is 47.7 Å². The molecular formula is C20H18F5N5O2. The van der Waals surface area contributed by atoms with Crippen LogP contribution in [0.2, 0.25) is 0 Å². The smallest absolute Gasteiger partial charge is 0.416 e. The van der Waals surface area contributed by atoms with E-state index in [1.807, 2.05) is 4.90 Å². The molecule has 0 radical (unpaired) electrons. The molecule has 12 heteroatoms. The van der Waals surface area contributed by atoms with E-state index in [0.717, 1.165) is 25.0 Å². The first kappa shape index (κ1) is 20.9. The highest BCUT2D eigenvalue weighted by Gasteiger charge is 2.41. The molecule has 0 aromatic carbocycles. The molecule has 0 aliphatic carbocycles. The Morgan fingerprint density at radius 1 is 1.16 bits per heavy atom. The third kappa shape index (κ3) is 3.51. The summed E-state index contributed by atoms with van der Waals surface area (Å²) >= 11 is 0. The van der Waals surface area contributed by atoms with Crippen molar-refractivity contribution in [2.75, 3.05) is 23.3 Å². The first-order valence-corrected chi connectivity index (χ1v) is 10.1. The van der Waals surface area contributed by atoms with Crippen molar-refractivity contribution in [3.8, 4) is 11.3 Å². The largest absolute Gasteiger partial charge is 0.435 e. The van der Waals surface area contributed by atoms with Crippen LogP contribution in [0, 0.1) is 0 Å². The standard InChI is InChI=1S/C20H18F5N5O2/c21-17(22)16-15-12(3-4-27-18(15)29-19(31)32-16)13-5-9(20(23,24)25)6-14(28-13)30-10-1-2-11(30)8-26-7-10/h3-6,10-11,16-17,26H,1-2,7-8H2,(H,27,29,31). The van der Waals surface area contributed by atoms with Crippen LogP contribution in [0.15, 0.2) is 24.4 Å². The summed E-state index contributed by atoms with van der Waals surface area (Å²) in [4.78, 5) is 21.9. The molecule has 32 heavy (non-hydrogen) atoms. The zero-order valence-electron chi connectivity index (χ0n) is 16.5. The number of nitrogens with one attached hydrogen (secondary N) is 2. The number of hydrogen-bond acceptors (Lipinski definition) is 6. The van der Waals surface area contributed by atoms with Gasteiger partial charge in [-0.05, 0) is 31.0 Å². The fraction of sp³-hybridized carbons (Fsp3) is 0.450. The summed E-state index contributed by atoms with van der Waals surface area (Å²) in [6.07, 6.45) is -7.99. The number of anilines is 2. The average molecular weight is 455 g/mol. The van der Waals surface area contributed by atoms with Gasteiger partial charge in [0.2, 0.25) is 0 Å². The number of nitrogens with zero attached hydrogens (tertiary/aromatic N) is 3. The summed E-state index contributed by atoms with van der Waals surface area (Å²) in [5.41, 5.74) is -1.29. The summed E-state index contributed by atoms with van der Waals surface area (Å²) in [6.45, 7) is 1.25. The van der Waals surface area contributed by atoms with Gasteiger partial charge in [0, 0.05) is 36.9 Å². The number of pyridine rings is 2. The molecule has 3 aliphatic rings. The van der Waals surface area contributed by atoms with Crippen molar-refractivity contribution >= 4 is 17.7 Å². The molecule has 2 aromatic rings. The van der Waals surface area contributed by atoms with Gasteiger partial charge in [0.05, 0.1) is 16.8 Å². The fourth-order valence-corrected chi connectivity index (χ4v) is 4.66. The molecule has 3 atom stereocenters. The van der Waals surface area contributed by atoms with Gasteiger partial charge in [-0.1, -0.05) is 0 Å². The molecule has 2 aromatic heterocycles. The molecular weight excluding hydrogens is 437 g/mol. The quantitative estimate of drug-likeness (QED) is 0.682. The Balaban J connectivity index is 1.68. The van der Waals surface area contributed by atoms with Crippen LogP contribution in [0.4, 0.5) is 38.4 Å². The Hall–Kier alpha value is -3.02. The number of carbonyl (C=O) groups excluding carboxylic acids is 1. The summed E-state index contributed by atoms with van der Waals surface area (Å²) in [6, 6.07) is 3.12. The molecule has 2 saturated heterocycles. The molecule has 2 bridgehead atoms. The van der Waals surface area contributed by atoms with Crippen molar-refractivity contribution in [3.05, 3.63) is 35.5 Å². The summed E-state index contributed by atoms with van der Waals surface area (Å²) in [7, 11) is 0. The lowest BCUT2D eigenvalue weighted by molar-refractivity contribution is -0.137. The van der Waals surface area contributed by atoms with Crippen LogP contribution in [-0.2, 0) is 10.9 Å². The predicted molar refractivity (Wildman–Crippen MR) is 103 cm³/mol. The maximum atomic E-state index is 13.8. The molecule has 0 spiro atoms. The lowest BCUT2D eigenvalue weighted by Gasteiger charge is -2.37.